The SMILES string of the molecule is Cc1ccccc1C(=O)Nc1nc(-c2cc(Cl)ccc2O)nn1-c1ccc(OC(F)(F)F)cc1. The van der Waals surface area contributed by atoms with Gasteiger partial charge in [-0.3, -0.25) is 10.1 Å². The number of carbonyl (C=O) groups is 1. The summed E-state index contributed by atoms with van der Waals surface area (Å²) in [6, 6.07) is 16.1. The highest BCUT2D eigenvalue weighted by Crippen LogP contribution is 2.32. The molecule has 1 amide bonds. The zero-order chi connectivity index (χ0) is 24.5. The van der Waals surface area contributed by atoms with Gasteiger partial charge < -0.3 is 9.84 Å². The summed E-state index contributed by atoms with van der Waals surface area (Å²) in [6.45, 7) is 1.77. The van der Waals surface area contributed by atoms with Crippen molar-refractivity contribution in [3.8, 4) is 28.6 Å². The van der Waals surface area contributed by atoms with E-state index >= 15 is 0 Å². The standard InChI is InChI=1S/C23H16ClF3N4O3/c1-13-4-2-3-5-17(13)21(33)29-22-28-20(18-12-14(24)6-11-19(18)32)30-31(22)15-7-9-16(10-8-15)34-23(25,26)27/h2-12,32H,1H3,(H,28,29,30,33). The number of anilines is 1. The maximum atomic E-state index is 12.9. The summed E-state index contributed by atoms with van der Waals surface area (Å²) < 4.78 is 42.6. The second-order valence-corrected chi connectivity index (χ2v) is 7.58. The monoisotopic (exact) mass is 488 g/mol. The number of aryl methyl sites for hydroxylation is 1. The predicted molar refractivity (Wildman–Crippen MR) is 119 cm³/mol. The predicted octanol–water partition coefficient (Wildman–Crippen LogP) is 5.75. The number of halogens is 4. The van der Waals surface area contributed by atoms with E-state index in [-0.39, 0.29) is 28.8 Å². The molecule has 0 aliphatic rings. The molecule has 0 fully saturated rings. The van der Waals surface area contributed by atoms with Gasteiger partial charge in [-0.25, -0.2) is 0 Å². The van der Waals surface area contributed by atoms with Gasteiger partial charge in [-0.1, -0.05) is 29.8 Å². The first-order valence-electron chi connectivity index (χ1n) is 9.80. The number of phenolic OH excluding ortho intramolecular Hbond substituents is 1. The van der Waals surface area contributed by atoms with Crippen LogP contribution in [-0.4, -0.2) is 32.1 Å². The van der Waals surface area contributed by atoms with Crippen LogP contribution in [0.15, 0.2) is 66.7 Å². The molecule has 0 radical (unpaired) electrons. The zero-order valence-electron chi connectivity index (χ0n) is 17.5. The minimum Gasteiger partial charge on any atom is -0.507 e. The maximum Gasteiger partial charge on any atom is 0.573 e. The van der Waals surface area contributed by atoms with Gasteiger partial charge in [-0.15, -0.1) is 18.3 Å². The second kappa shape index (κ2) is 9.06. The van der Waals surface area contributed by atoms with E-state index in [0.29, 0.717) is 10.6 Å². The van der Waals surface area contributed by atoms with Gasteiger partial charge >= 0.3 is 6.36 Å². The molecule has 0 saturated carbocycles. The lowest BCUT2D eigenvalue weighted by atomic mass is 10.1. The van der Waals surface area contributed by atoms with E-state index in [4.69, 9.17) is 11.6 Å². The number of hydrogen-bond acceptors (Lipinski definition) is 5. The Morgan fingerprint density at radius 1 is 1.09 bits per heavy atom. The third-order valence-corrected chi connectivity index (χ3v) is 4.97. The topological polar surface area (TPSA) is 89.3 Å². The molecular formula is C23H16ClF3N4O3. The highest BCUT2D eigenvalue weighted by atomic mass is 35.5. The molecular weight excluding hydrogens is 473 g/mol. The van der Waals surface area contributed by atoms with Crippen molar-refractivity contribution in [2.45, 2.75) is 13.3 Å². The molecule has 0 aliphatic carbocycles. The van der Waals surface area contributed by atoms with E-state index in [9.17, 15) is 23.1 Å². The first-order valence-corrected chi connectivity index (χ1v) is 10.2. The fourth-order valence-electron chi connectivity index (χ4n) is 3.16. The Morgan fingerprint density at radius 2 is 1.79 bits per heavy atom. The number of benzene rings is 3. The number of carbonyl (C=O) groups excluding carboxylic acids is 1. The third kappa shape index (κ3) is 5.12. The molecule has 34 heavy (non-hydrogen) atoms. The average Bonchev–Trinajstić information content (AvgIpc) is 3.18. The fraction of sp³-hybridized carbons (Fsp3) is 0.0870. The zero-order valence-corrected chi connectivity index (χ0v) is 18.2. The first-order chi connectivity index (χ1) is 16.1. The minimum absolute atomic E-state index is 0.0212. The fourth-order valence-corrected chi connectivity index (χ4v) is 3.33. The summed E-state index contributed by atoms with van der Waals surface area (Å²) in [4.78, 5) is 17.2. The molecule has 0 saturated heterocycles. The Kier molecular flexibility index (Phi) is 6.16. The maximum absolute atomic E-state index is 12.9. The number of phenols is 1. The van der Waals surface area contributed by atoms with Crippen LogP contribution >= 0.6 is 11.6 Å². The molecule has 174 valence electrons. The molecule has 2 N–H and O–H groups in total. The molecule has 4 rings (SSSR count). The number of ether oxygens (including phenoxy) is 1. The lowest BCUT2D eigenvalue weighted by Gasteiger charge is -2.11. The van der Waals surface area contributed by atoms with Gasteiger partial charge in [0, 0.05) is 10.6 Å². The molecule has 0 atom stereocenters. The van der Waals surface area contributed by atoms with E-state index < -0.39 is 18.0 Å². The molecule has 11 heteroatoms. The number of hydrogen-bond donors (Lipinski definition) is 2. The molecule has 7 nitrogen and oxygen atoms in total. The average molecular weight is 489 g/mol. The minimum atomic E-state index is -4.83. The number of aromatic nitrogens is 3. The van der Waals surface area contributed by atoms with Crippen molar-refractivity contribution in [3.05, 3.63) is 82.9 Å². The number of alkyl halides is 3. The molecule has 3 aromatic carbocycles. The lowest BCUT2D eigenvalue weighted by molar-refractivity contribution is -0.274. The van der Waals surface area contributed by atoms with Crippen LogP contribution in [0.3, 0.4) is 0 Å². The van der Waals surface area contributed by atoms with Crippen molar-refractivity contribution >= 4 is 23.5 Å². The van der Waals surface area contributed by atoms with Gasteiger partial charge in [0.2, 0.25) is 5.95 Å². The second-order valence-electron chi connectivity index (χ2n) is 7.14. The number of amides is 1. The number of nitrogens with zero attached hydrogens (tertiary/aromatic N) is 3. The molecule has 0 spiro atoms. The molecule has 0 bridgehead atoms. The Hall–Kier alpha value is -4.05. The summed E-state index contributed by atoms with van der Waals surface area (Å²) in [5.74, 6) is -1.02. The van der Waals surface area contributed by atoms with Crippen molar-refractivity contribution in [2.24, 2.45) is 0 Å². The van der Waals surface area contributed by atoms with E-state index in [1.54, 1.807) is 31.2 Å². The molecule has 1 heterocycles. The quantitative estimate of drug-likeness (QED) is 0.373. The normalized spacial score (nSPS) is 11.3. The van der Waals surface area contributed by atoms with Crippen LogP contribution < -0.4 is 10.1 Å². The first kappa shape index (κ1) is 23.1. The molecule has 4 aromatic rings. The van der Waals surface area contributed by atoms with Crippen molar-refractivity contribution in [1.29, 1.82) is 0 Å². The van der Waals surface area contributed by atoms with Crippen molar-refractivity contribution in [1.82, 2.24) is 14.8 Å². The number of rotatable bonds is 5. The van der Waals surface area contributed by atoms with Crippen LogP contribution in [0.4, 0.5) is 19.1 Å². The van der Waals surface area contributed by atoms with Crippen molar-refractivity contribution in [2.75, 3.05) is 5.32 Å². The summed E-state index contributed by atoms with van der Waals surface area (Å²) in [5, 5.41) is 17.6. The number of nitrogens with one attached hydrogen (secondary N) is 1. The molecule has 1 aromatic heterocycles. The summed E-state index contributed by atoms with van der Waals surface area (Å²) in [7, 11) is 0. The number of aromatic hydroxyl groups is 1. The van der Waals surface area contributed by atoms with Gasteiger partial charge in [-0.2, -0.15) is 9.67 Å². The Bertz CT molecular complexity index is 1350. The van der Waals surface area contributed by atoms with Gasteiger partial charge in [0.05, 0.1) is 11.3 Å². The summed E-state index contributed by atoms with van der Waals surface area (Å²) in [6.07, 6.45) is -4.83. The van der Waals surface area contributed by atoms with E-state index in [0.717, 1.165) is 17.7 Å². The Balaban J connectivity index is 1.76. The van der Waals surface area contributed by atoms with Crippen LogP contribution in [0.2, 0.25) is 5.02 Å². The van der Waals surface area contributed by atoms with Crippen LogP contribution in [0, 0.1) is 6.92 Å². The summed E-state index contributed by atoms with van der Waals surface area (Å²) in [5.41, 5.74) is 1.62. The Morgan fingerprint density at radius 3 is 2.47 bits per heavy atom. The van der Waals surface area contributed by atoms with Gasteiger partial charge in [0.25, 0.3) is 5.91 Å². The van der Waals surface area contributed by atoms with Crippen molar-refractivity contribution < 1.29 is 27.8 Å². The van der Waals surface area contributed by atoms with E-state index in [2.05, 4.69) is 20.1 Å². The smallest absolute Gasteiger partial charge is 0.507 e. The molecule has 0 unspecified atom stereocenters. The molecule has 0 aliphatic heterocycles. The van der Waals surface area contributed by atoms with Crippen LogP contribution in [0.1, 0.15) is 15.9 Å². The van der Waals surface area contributed by atoms with E-state index in [1.165, 1.54) is 35.0 Å². The Labute approximate surface area is 196 Å². The van der Waals surface area contributed by atoms with Gasteiger partial charge in [0.1, 0.15) is 11.5 Å². The van der Waals surface area contributed by atoms with Crippen molar-refractivity contribution in [3.63, 3.8) is 0 Å². The summed E-state index contributed by atoms with van der Waals surface area (Å²) >= 11 is 6.03. The van der Waals surface area contributed by atoms with Gasteiger partial charge in [-0.05, 0) is 61.0 Å². The largest absolute Gasteiger partial charge is 0.573 e. The highest BCUT2D eigenvalue weighted by molar-refractivity contribution is 6.30. The van der Waals surface area contributed by atoms with Crippen LogP contribution in [0.5, 0.6) is 11.5 Å². The lowest BCUT2D eigenvalue weighted by Crippen LogP contribution is -2.17. The van der Waals surface area contributed by atoms with Crippen LogP contribution in [0.25, 0.3) is 17.1 Å². The van der Waals surface area contributed by atoms with Crippen LogP contribution in [-0.2, 0) is 0 Å². The van der Waals surface area contributed by atoms with E-state index in [1.807, 2.05) is 0 Å². The third-order valence-electron chi connectivity index (χ3n) is 4.74. The highest BCUT2D eigenvalue weighted by Gasteiger charge is 2.31. The van der Waals surface area contributed by atoms with Gasteiger partial charge in [0.15, 0.2) is 5.82 Å².